The molecule has 0 N–H and O–H groups in total. The van der Waals surface area contributed by atoms with Crippen molar-refractivity contribution in [1.29, 1.82) is 0 Å². The van der Waals surface area contributed by atoms with E-state index < -0.39 is 0 Å². The van der Waals surface area contributed by atoms with Crippen LogP contribution in [-0.4, -0.2) is 19.0 Å². The van der Waals surface area contributed by atoms with Crippen molar-refractivity contribution in [3.8, 4) is 0 Å². The molecule has 0 radical (unpaired) electrons. The van der Waals surface area contributed by atoms with E-state index in [0.717, 1.165) is 17.9 Å². The molecule has 100 valence electrons. The quantitative estimate of drug-likeness (QED) is 0.771. The molecule has 2 heteroatoms. The molecule has 0 amide bonds. The summed E-state index contributed by atoms with van der Waals surface area (Å²) < 4.78 is 0. The van der Waals surface area contributed by atoms with E-state index in [1.54, 1.807) is 0 Å². The smallest absolute Gasteiger partial charge is 0.0406 e. The van der Waals surface area contributed by atoms with E-state index >= 15 is 0 Å². The summed E-state index contributed by atoms with van der Waals surface area (Å²) in [5.74, 6) is 0. The summed E-state index contributed by atoms with van der Waals surface area (Å²) in [5, 5.41) is 0.802. The first-order chi connectivity index (χ1) is 9.16. The molecule has 2 rings (SSSR count). The third-order valence-electron chi connectivity index (χ3n) is 3.43. The van der Waals surface area contributed by atoms with E-state index in [9.17, 15) is 0 Å². The topological polar surface area (TPSA) is 3.24 Å². The van der Waals surface area contributed by atoms with Crippen LogP contribution in [0.1, 0.15) is 23.6 Å². The van der Waals surface area contributed by atoms with Gasteiger partial charge in [-0.3, -0.25) is 0 Å². The minimum Gasteiger partial charge on any atom is -0.302 e. The molecule has 1 nitrogen and oxygen atoms in total. The van der Waals surface area contributed by atoms with Crippen molar-refractivity contribution in [1.82, 2.24) is 4.90 Å². The van der Waals surface area contributed by atoms with Gasteiger partial charge in [-0.25, -0.2) is 0 Å². The number of aryl methyl sites for hydroxylation is 1. The van der Waals surface area contributed by atoms with Crippen LogP contribution in [-0.2, 0) is 6.42 Å². The average molecular weight is 274 g/mol. The van der Waals surface area contributed by atoms with Crippen molar-refractivity contribution < 1.29 is 0 Å². The Bertz CT molecular complexity index is 490. The second-order valence-electron chi connectivity index (χ2n) is 5.06. The Kier molecular flexibility index (Phi) is 5.00. The first-order valence-electron chi connectivity index (χ1n) is 6.62. The van der Waals surface area contributed by atoms with Crippen molar-refractivity contribution in [2.24, 2.45) is 0 Å². The summed E-state index contributed by atoms with van der Waals surface area (Å²) in [6.07, 6.45) is 2.17. The van der Waals surface area contributed by atoms with Gasteiger partial charge < -0.3 is 4.90 Å². The van der Waals surface area contributed by atoms with Crippen LogP contribution in [0.3, 0.4) is 0 Å². The first-order valence-corrected chi connectivity index (χ1v) is 7.00. The summed E-state index contributed by atoms with van der Waals surface area (Å²) in [5.41, 5.74) is 2.72. The standard InChI is InChI=1S/C17H20ClN/c1-19(2)17(15-6-4-3-5-7-15)13-10-14-8-11-16(18)12-9-14/h3-9,11-12,17H,10,13H2,1-2H3. The lowest BCUT2D eigenvalue weighted by molar-refractivity contribution is 0.284. The molecule has 0 bridgehead atoms. The Hall–Kier alpha value is -1.31. The maximum Gasteiger partial charge on any atom is 0.0406 e. The molecule has 2 aromatic carbocycles. The summed E-state index contributed by atoms with van der Waals surface area (Å²) in [7, 11) is 4.28. The van der Waals surface area contributed by atoms with Gasteiger partial charge in [0, 0.05) is 11.1 Å². The highest BCUT2D eigenvalue weighted by molar-refractivity contribution is 6.30. The van der Waals surface area contributed by atoms with Crippen molar-refractivity contribution in [3.63, 3.8) is 0 Å². The zero-order valence-corrected chi connectivity index (χ0v) is 12.3. The Morgan fingerprint density at radius 3 is 2.16 bits per heavy atom. The van der Waals surface area contributed by atoms with Gasteiger partial charge in [0.05, 0.1) is 0 Å². The maximum absolute atomic E-state index is 5.91. The van der Waals surface area contributed by atoms with Crippen LogP contribution in [0, 0.1) is 0 Å². The normalized spacial score (nSPS) is 12.6. The van der Waals surface area contributed by atoms with Gasteiger partial charge in [-0.15, -0.1) is 0 Å². The molecule has 0 fully saturated rings. The highest BCUT2D eigenvalue weighted by Crippen LogP contribution is 2.24. The molecule has 0 aliphatic carbocycles. The van der Waals surface area contributed by atoms with Crippen LogP contribution >= 0.6 is 11.6 Å². The van der Waals surface area contributed by atoms with Crippen LogP contribution in [0.2, 0.25) is 5.02 Å². The fraction of sp³-hybridized carbons (Fsp3) is 0.294. The zero-order chi connectivity index (χ0) is 13.7. The molecule has 0 aliphatic rings. The summed E-state index contributed by atoms with van der Waals surface area (Å²) in [6, 6.07) is 19.3. The van der Waals surface area contributed by atoms with Crippen LogP contribution in [0.25, 0.3) is 0 Å². The number of benzene rings is 2. The van der Waals surface area contributed by atoms with Crippen LogP contribution < -0.4 is 0 Å². The number of hydrogen-bond acceptors (Lipinski definition) is 1. The third-order valence-corrected chi connectivity index (χ3v) is 3.68. The summed E-state index contributed by atoms with van der Waals surface area (Å²) in [6.45, 7) is 0. The predicted molar refractivity (Wildman–Crippen MR) is 82.6 cm³/mol. The molecule has 19 heavy (non-hydrogen) atoms. The molecular formula is C17H20ClN. The average Bonchev–Trinajstić information content (AvgIpc) is 2.42. The van der Waals surface area contributed by atoms with E-state index in [2.05, 4.69) is 61.5 Å². The van der Waals surface area contributed by atoms with Gasteiger partial charge in [0.2, 0.25) is 0 Å². The molecule has 1 atom stereocenters. The molecule has 0 heterocycles. The van der Waals surface area contributed by atoms with Gasteiger partial charge in [0.25, 0.3) is 0 Å². The van der Waals surface area contributed by atoms with E-state index in [4.69, 9.17) is 11.6 Å². The molecule has 0 saturated heterocycles. The fourth-order valence-electron chi connectivity index (χ4n) is 2.35. The molecule has 0 spiro atoms. The van der Waals surface area contributed by atoms with Gasteiger partial charge in [0.15, 0.2) is 0 Å². The number of rotatable bonds is 5. The highest BCUT2D eigenvalue weighted by atomic mass is 35.5. The summed E-state index contributed by atoms with van der Waals surface area (Å²) in [4.78, 5) is 2.28. The van der Waals surface area contributed by atoms with E-state index in [1.807, 2.05) is 12.1 Å². The Labute approximate surface area is 120 Å². The molecule has 0 aliphatic heterocycles. The SMILES string of the molecule is CN(C)C(CCc1ccc(Cl)cc1)c1ccccc1. The lowest BCUT2D eigenvalue weighted by Gasteiger charge is -2.24. The maximum atomic E-state index is 5.91. The van der Waals surface area contributed by atoms with Crippen molar-refractivity contribution in [2.75, 3.05) is 14.1 Å². The number of nitrogens with zero attached hydrogens (tertiary/aromatic N) is 1. The van der Waals surface area contributed by atoms with E-state index in [0.29, 0.717) is 6.04 Å². The molecule has 0 aromatic heterocycles. The Morgan fingerprint density at radius 1 is 0.947 bits per heavy atom. The second-order valence-corrected chi connectivity index (χ2v) is 5.49. The number of hydrogen-bond donors (Lipinski definition) is 0. The monoisotopic (exact) mass is 273 g/mol. The van der Waals surface area contributed by atoms with Crippen LogP contribution in [0.5, 0.6) is 0 Å². The van der Waals surface area contributed by atoms with Crippen LogP contribution in [0.4, 0.5) is 0 Å². The van der Waals surface area contributed by atoms with Gasteiger partial charge in [-0.2, -0.15) is 0 Å². The zero-order valence-electron chi connectivity index (χ0n) is 11.5. The highest BCUT2D eigenvalue weighted by Gasteiger charge is 2.13. The Morgan fingerprint density at radius 2 is 1.58 bits per heavy atom. The lowest BCUT2D eigenvalue weighted by atomic mass is 9.98. The first kappa shape index (κ1) is 14.1. The largest absolute Gasteiger partial charge is 0.302 e. The summed E-state index contributed by atoms with van der Waals surface area (Å²) >= 11 is 5.91. The van der Waals surface area contributed by atoms with Gasteiger partial charge in [-0.05, 0) is 50.2 Å². The molecule has 0 saturated carbocycles. The van der Waals surface area contributed by atoms with Crippen molar-refractivity contribution in [2.45, 2.75) is 18.9 Å². The van der Waals surface area contributed by atoms with Crippen LogP contribution in [0.15, 0.2) is 54.6 Å². The van der Waals surface area contributed by atoms with Gasteiger partial charge in [-0.1, -0.05) is 54.1 Å². The Balaban J connectivity index is 2.04. The molecule has 1 unspecified atom stereocenters. The number of halogens is 1. The molecule has 2 aromatic rings. The second kappa shape index (κ2) is 6.74. The lowest BCUT2D eigenvalue weighted by Crippen LogP contribution is -2.20. The van der Waals surface area contributed by atoms with Crippen molar-refractivity contribution >= 4 is 11.6 Å². The van der Waals surface area contributed by atoms with Gasteiger partial charge in [0.1, 0.15) is 0 Å². The minimum atomic E-state index is 0.455. The minimum absolute atomic E-state index is 0.455. The van der Waals surface area contributed by atoms with Crippen molar-refractivity contribution in [3.05, 3.63) is 70.7 Å². The molecular weight excluding hydrogens is 254 g/mol. The predicted octanol–water partition coefficient (Wildman–Crippen LogP) is 4.58. The fourth-order valence-corrected chi connectivity index (χ4v) is 2.48. The van der Waals surface area contributed by atoms with Gasteiger partial charge >= 0.3 is 0 Å². The van der Waals surface area contributed by atoms with E-state index in [1.165, 1.54) is 11.1 Å². The third kappa shape index (κ3) is 4.09. The van der Waals surface area contributed by atoms with E-state index in [-0.39, 0.29) is 0 Å².